The second-order valence-corrected chi connectivity index (χ2v) is 7.64. The van der Waals surface area contributed by atoms with Crippen molar-refractivity contribution in [3.63, 3.8) is 0 Å². The molecule has 0 saturated carbocycles. The minimum absolute atomic E-state index is 0.126. The van der Waals surface area contributed by atoms with E-state index in [1.807, 2.05) is 6.92 Å². The molecule has 6 nitrogen and oxygen atoms in total. The standard InChI is InChI=1S/C14H15FN2O4S2/c1-2-9-8-16-13(22-9)5-6-17-23(20,21)10-3-4-11(14(18)19)12(15)7-10/h3-4,7-8,17H,2,5-6H2,1H3,(H,18,19). The lowest BCUT2D eigenvalue weighted by atomic mass is 10.2. The highest BCUT2D eigenvalue weighted by atomic mass is 32.2. The van der Waals surface area contributed by atoms with Gasteiger partial charge in [-0.25, -0.2) is 27.3 Å². The number of aromatic nitrogens is 1. The minimum Gasteiger partial charge on any atom is -0.478 e. The van der Waals surface area contributed by atoms with Gasteiger partial charge >= 0.3 is 5.97 Å². The molecule has 1 aromatic heterocycles. The quantitative estimate of drug-likeness (QED) is 0.790. The van der Waals surface area contributed by atoms with Gasteiger partial charge in [-0.3, -0.25) is 0 Å². The van der Waals surface area contributed by atoms with E-state index in [1.54, 1.807) is 6.20 Å². The normalized spacial score (nSPS) is 11.6. The molecular formula is C14H15FN2O4S2. The first kappa shape index (κ1) is 17.5. The summed E-state index contributed by atoms with van der Waals surface area (Å²) < 4.78 is 40.1. The van der Waals surface area contributed by atoms with Gasteiger partial charge in [-0.15, -0.1) is 11.3 Å². The summed E-state index contributed by atoms with van der Waals surface area (Å²) >= 11 is 1.52. The molecule has 0 bridgehead atoms. The molecular weight excluding hydrogens is 343 g/mol. The molecule has 0 aliphatic rings. The first-order chi connectivity index (χ1) is 10.8. The van der Waals surface area contributed by atoms with Crippen molar-refractivity contribution in [1.29, 1.82) is 0 Å². The predicted octanol–water partition coefficient (Wildman–Crippen LogP) is 2.06. The van der Waals surface area contributed by atoms with Gasteiger partial charge < -0.3 is 5.11 Å². The molecule has 0 radical (unpaired) electrons. The van der Waals surface area contributed by atoms with Gasteiger partial charge in [0.2, 0.25) is 10.0 Å². The number of hydrogen-bond donors (Lipinski definition) is 2. The maximum absolute atomic E-state index is 13.6. The highest BCUT2D eigenvalue weighted by Crippen LogP contribution is 2.16. The predicted molar refractivity (Wildman–Crippen MR) is 83.7 cm³/mol. The van der Waals surface area contributed by atoms with Crippen molar-refractivity contribution < 1.29 is 22.7 Å². The third-order valence-corrected chi connectivity index (χ3v) is 5.72. The number of halogens is 1. The molecule has 0 amide bonds. The van der Waals surface area contributed by atoms with Gasteiger partial charge in [0.15, 0.2) is 0 Å². The zero-order valence-electron chi connectivity index (χ0n) is 12.2. The SMILES string of the molecule is CCc1cnc(CCNS(=O)(=O)c2ccc(C(=O)O)c(F)c2)s1. The number of thiazole rings is 1. The first-order valence-electron chi connectivity index (χ1n) is 6.79. The molecule has 2 rings (SSSR count). The Hall–Kier alpha value is -1.84. The van der Waals surface area contributed by atoms with E-state index in [0.29, 0.717) is 12.5 Å². The van der Waals surface area contributed by atoms with E-state index in [9.17, 15) is 17.6 Å². The molecule has 124 valence electrons. The summed E-state index contributed by atoms with van der Waals surface area (Å²) in [4.78, 5) is 15.7. The number of rotatable bonds is 7. The topological polar surface area (TPSA) is 96.4 Å². The summed E-state index contributed by atoms with van der Waals surface area (Å²) in [5.41, 5.74) is -0.571. The average Bonchev–Trinajstić information content (AvgIpc) is 2.94. The fraction of sp³-hybridized carbons (Fsp3) is 0.286. The Balaban J connectivity index is 2.04. The number of aromatic carboxylic acids is 1. The molecule has 0 aliphatic heterocycles. The van der Waals surface area contributed by atoms with E-state index in [-0.39, 0.29) is 11.4 Å². The molecule has 0 fully saturated rings. The van der Waals surface area contributed by atoms with E-state index in [2.05, 4.69) is 9.71 Å². The lowest BCUT2D eigenvalue weighted by molar-refractivity contribution is 0.0691. The molecule has 9 heteroatoms. The van der Waals surface area contributed by atoms with Crippen LogP contribution >= 0.6 is 11.3 Å². The van der Waals surface area contributed by atoms with Gasteiger partial charge in [-0.05, 0) is 24.6 Å². The molecule has 2 N–H and O–H groups in total. The Morgan fingerprint density at radius 3 is 2.74 bits per heavy atom. The van der Waals surface area contributed by atoms with E-state index in [0.717, 1.165) is 28.4 Å². The van der Waals surface area contributed by atoms with Gasteiger partial charge in [-0.1, -0.05) is 6.92 Å². The van der Waals surface area contributed by atoms with Crippen LogP contribution in [0, 0.1) is 5.82 Å². The van der Waals surface area contributed by atoms with Gasteiger partial charge in [0, 0.05) is 24.0 Å². The van der Waals surface area contributed by atoms with E-state index < -0.39 is 27.4 Å². The van der Waals surface area contributed by atoms with Crippen molar-refractivity contribution in [2.75, 3.05) is 6.54 Å². The summed E-state index contributed by atoms with van der Waals surface area (Å²) in [6.45, 7) is 2.14. The molecule has 0 atom stereocenters. The number of carboxylic acids is 1. The van der Waals surface area contributed by atoms with Gasteiger partial charge in [0.25, 0.3) is 0 Å². The summed E-state index contributed by atoms with van der Waals surface area (Å²) in [7, 11) is -3.90. The van der Waals surface area contributed by atoms with E-state index in [4.69, 9.17) is 5.11 Å². The van der Waals surface area contributed by atoms with Crippen LogP contribution in [-0.4, -0.2) is 31.0 Å². The second kappa shape index (κ2) is 7.16. The van der Waals surface area contributed by atoms with Crippen LogP contribution in [0.2, 0.25) is 0 Å². The summed E-state index contributed by atoms with van der Waals surface area (Å²) in [5, 5.41) is 9.55. The van der Waals surface area contributed by atoms with Crippen molar-refractivity contribution in [3.05, 3.63) is 45.7 Å². The average molecular weight is 358 g/mol. The zero-order valence-corrected chi connectivity index (χ0v) is 13.9. The second-order valence-electron chi connectivity index (χ2n) is 4.67. The Kier molecular flexibility index (Phi) is 5.45. The third-order valence-electron chi connectivity index (χ3n) is 3.06. The van der Waals surface area contributed by atoms with Crippen molar-refractivity contribution in [2.45, 2.75) is 24.7 Å². The maximum atomic E-state index is 13.6. The van der Waals surface area contributed by atoms with Crippen molar-refractivity contribution in [1.82, 2.24) is 9.71 Å². The fourth-order valence-electron chi connectivity index (χ4n) is 1.84. The minimum atomic E-state index is -3.90. The van der Waals surface area contributed by atoms with Gasteiger partial charge in [0.05, 0.1) is 15.5 Å². The zero-order chi connectivity index (χ0) is 17.0. The molecule has 0 spiro atoms. The largest absolute Gasteiger partial charge is 0.478 e. The molecule has 0 saturated heterocycles. The lowest BCUT2D eigenvalue weighted by Gasteiger charge is -2.07. The summed E-state index contributed by atoms with van der Waals surface area (Å²) in [6.07, 6.45) is 3.06. The molecule has 1 heterocycles. The highest BCUT2D eigenvalue weighted by molar-refractivity contribution is 7.89. The van der Waals surface area contributed by atoms with Crippen LogP contribution in [0.3, 0.4) is 0 Å². The number of nitrogens with one attached hydrogen (secondary N) is 1. The number of carboxylic acid groups (broad SMARTS) is 1. The Labute approximate surface area is 137 Å². The summed E-state index contributed by atoms with van der Waals surface area (Å²) in [5.74, 6) is -2.54. The van der Waals surface area contributed by atoms with E-state index in [1.165, 1.54) is 11.3 Å². The maximum Gasteiger partial charge on any atom is 0.338 e. The van der Waals surface area contributed by atoms with Crippen molar-refractivity contribution >= 4 is 27.3 Å². The number of hydrogen-bond acceptors (Lipinski definition) is 5. The smallest absolute Gasteiger partial charge is 0.338 e. The Bertz CT molecular complexity index is 818. The van der Waals surface area contributed by atoms with Crippen molar-refractivity contribution in [3.8, 4) is 0 Å². The third kappa shape index (κ3) is 4.34. The van der Waals surface area contributed by atoms with Crippen LogP contribution in [0.4, 0.5) is 4.39 Å². The molecule has 0 aliphatic carbocycles. The van der Waals surface area contributed by atoms with Crippen LogP contribution in [0.1, 0.15) is 27.2 Å². The molecule has 2 aromatic rings. The number of aryl methyl sites for hydroxylation is 1. The number of sulfonamides is 1. The van der Waals surface area contributed by atoms with Gasteiger partial charge in [0.1, 0.15) is 5.82 Å². The van der Waals surface area contributed by atoms with Crippen LogP contribution in [0.5, 0.6) is 0 Å². The fourth-order valence-corrected chi connectivity index (χ4v) is 3.74. The molecule has 0 unspecified atom stereocenters. The van der Waals surface area contributed by atoms with Crippen LogP contribution in [-0.2, 0) is 22.9 Å². The molecule has 1 aromatic carbocycles. The number of benzene rings is 1. The van der Waals surface area contributed by atoms with Crippen LogP contribution < -0.4 is 4.72 Å². The monoisotopic (exact) mass is 358 g/mol. The molecule has 23 heavy (non-hydrogen) atoms. The van der Waals surface area contributed by atoms with E-state index >= 15 is 0 Å². The van der Waals surface area contributed by atoms with Crippen LogP contribution in [0.15, 0.2) is 29.3 Å². The number of nitrogens with zero attached hydrogens (tertiary/aromatic N) is 1. The Morgan fingerprint density at radius 2 is 2.17 bits per heavy atom. The van der Waals surface area contributed by atoms with Crippen molar-refractivity contribution in [2.24, 2.45) is 0 Å². The first-order valence-corrected chi connectivity index (χ1v) is 9.09. The summed E-state index contributed by atoms with van der Waals surface area (Å²) in [6, 6.07) is 2.69. The van der Waals surface area contributed by atoms with Gasteiger partial charge in [-0.2, -0.15) is 0 Å². The lowest BCUT2D eigenvalue weighted by Crippen LogP contribution is -2.26. The highest BCUT2D eigenvalue weighted by Gasteiger charge is 2.18. The number of carbonyl (C=O) groups is 1. The Morgan fingerprint density at radius 1 is 1.43 bits per heavy atom. The van der Waals surface area contributed by atoms with Crippen LogP contribution in [0.25, 0.3) is 0 Å².